The maximum atomic E-state index is 10.5. The van der Waals surface area contributed by atoms with E-state index in [-0.39, 0.29) is 6.10 Å². The van der Waals surface area contributed by atoms with E-state index in [4.69, 9.17) is 0 Å². The lowest BCUT2D eigenvalue weighted by molar-refractivity contribution is -0.106. The van der Waals surface area contributed by atoms with E-state index in [9.17, 15) is 10.2 Å². The minimum atomic E-state index is -0.401. The minimum Gasteiger partial charge on any atom is -0.393 e. The van der Waals surface area contributed by atoms with E-state index in [0.717, 1.165) is 42.4 Å². The van der Waals surface area contributed by atoms with E-state index < -0.39 is 5.60 Å². The molecule has 3 unspecified atom stereocenters. The van der Waals surface area contributed by atoms with Crippen LogP contribution in [0.2, 0.25) is 0 Å². The Morgan fingerprint density at radius 3 is 2.35 bits per heavy atom. The van der Waals surface area contributed by atoms with Crippen LogP contribution in [0, 0.1) is 40.9 Å². The molecule has 0 radical (unpaired) electrons. The van der Waals surface area contributed by atoms with E-state index in [1.165, 1.54) is 44.9 Å². The van der Waals surface area contributed by atoms with E-state index >= 15 is 0 Å². The molecule has 4 aliphatic rings. The van der Waals surface area contributed by atoms with Crippen LogP contribution in [0.15, 0.2) is 0 Å². The third kappa shape index (κ3) is 2.51. The molecule has 0 saturated heterocycles. The Morgan fingerprint density at radius 1 is 0.870 bits per heavy atom. The normalized spacial score (nSPS) is 57.3. The van der Waals surface area contributed by atoms with Crippen LogP contribution in [0.3, 0.4) is 0 Å². The van der Waals surface area contributed by atoms with Gasteiger partial charge in [-0.1, -0.05) is 6.92 Å². The Bertz CT molecular complexity index is 457. The molecular weight excluding hydrogens is 284 g/mol. The predicted molar refractivity (Wildman–Crippen MR) is 92.9 cm³/mol. The molecule has 2 N–H and O–H groups in total. The molecule has 0 amide bonds. The molecule has 0 aromatic rings. The molecule has 4 fully saturated rings. The molecule has 0 heterocycles. The summed E-state index contributed by atoms with van der Waals surface area (Å²) in [6.45, 7) is 6.57. The molecule has 0 aliphatic heterocycles. The SMILES string of the molecule is CC(O)[C@H]1CCC2[C@@H]3CC[C@@H]4C[C@@](C)(O)CC[C@@H]4C3CC[C@@]21C. The van der Waals surface area contributed by atoms with E-state index in [1.807, 2.05) is 6.92 Å². The minimum absolute atomic E-state index is 0.136. The topological polar surface area (TPSA) is 40.5 Å². The van der Waals surface area contributed by atoms with E-state index in [2.05, 4.69) is 13.8 Å². The highest BCUT2D eigenvalue weighted by atomic mass is 16.3. The van der Waals surface area contributed by atoms with Crippen molar-refractivity contribution in [2.24, 2.45) is 40.9 Å². The van der Waals surface area contributed by atoms with Crippen molar-refractivity contribution < 1.29 is 10.2 Å². The van der Waals surface area contributed by atoms with Gasteiger partial charge < -0.3 is 10.2 Å². The molecular formula is C21H36O2. The van der Waals surface area contributed by atoms with Gasteiger partial charge in [0.05, 0.1) is 11.7 Å². The predicted octanol–water partition coefficient (Wildman–Crippen LogP) is 4.39. The molecule has 0 aromatic carbocycles. The number of hydrogen-bond donors (Lipinski definition) is 2. The number of rotatable bonds is 1. The molecule has 2 nitrogen and oxygen atoms in total. The van der Waals surface area contributed by atoms with Gasteiger partial charge in [-0.3, -0.25) is 0 Å². The number of fused-ring (bicyclic) bond motifs is 5. The van der Waals surface area contributed by atoms with Crippen LogP contribution in [-0.4, -0.2) is 21.9 Å². The summed E-state index contributed by atoms with van der Waals surface area (Å²) in [5.74, 6) is 4.85. The molecule has 9 atom stereocenters. The summed E-state index contributed by atoms with van der Waals surface area (Å²) in [5, 5.41) is 20.7. The van der Waals surface area contributed by atoms with Gasteiger partial charge in [-0.05, 0) is 113 Å². The first kappa shape index (κ1) is 16.4. The van der Waals surface area contributed by atoms with Gasteiger partial charge in [0.15, 0.2) is 0 Å². The number of aliphatic hydroxyl groups excluding tert-OH is 1. The first-order chi connectivity index (χ1) is 10.8. The zero-order valence-electron chi connectivity index (χ0n) is 15.3. The molecule has 4 rings (SSSR count). The Kier molecular flexibility index (Phi) is 3.89. The molecule has 0 spiro atoms. The Balaban J connectivity index is 1.54. The smallest absolute Gasteiger partial charge is 0.0622 e. The highest BCUT2D eigenvalue weighted by molar-refractivity contribution is 5.07. The highest BCUT2D eigenvalue weighted by Crippen LogP contribution is 2.65. The van der Waals surface area contributed by atoms with Gasteiger partial charge in [-0.25, -0.2) is 0 Å². The Labute approximate surface area is 142 Å². The highest BCUT2D eigenvalue weighted by Gasteiger charge is 2.58. The van der Waals surface area contributed by atoms with Gasteiger partial charge in [0.25, 0.3) is 0 Å². The molecule has 2 heteroatoms. The third-order valence-corrected chi connectivity index (χ3v) is 8.89. The third-order valence-electron chi connectivity index (χ3n) is 8.89. The second-order valence-electron chi connectivity index (χ2n) is 10.1. The van der Waals surface area contributed by atoms with Gasteiger partial charge in [0.1, 0.15) is 0 Å². The van der Waals surface area contributed by atoms with Crippen molar-refractivity contribution in [3.05, 3.63) is 0 Å². The molecule has 4 aliphatic carbocycles. The summed E-state index contributed by atoms with van der Waals surface area (Å²) in [5.41, 5.74) is -0.00963. The Morgan fingerprint density at radius 2 is 1.61 bits per heavy atom. The van der Waals surface area contributed by atoms with E-state index in [0.29, 0.717) is 11.3 Å². The summed E-state index contributed by atoms with van der Waals surface area (Å²) < 4.78 is 0. The zero-order chi connectivity index (χ0) is 16.4. The number of aliphatic hydroxyl groups is 2. The largest absolute Gasteiger partial charge is 0.393 e. The van der Waals surface area contributed by atoms with Gasteiger partial charge in [0, 0.05) is 0 Å². The summed E-state index contributed by atoms with van der Waals surface area (Å²) in [7, 11) is 0. The maximum Gasteiger partial charge on any atom is 0.0622 e. The van der Waals surface area contributed by atoms with Crippen molar-refractivity contribution in [2.75, 3.05) is 0 Å². The lowest BCUT2D eigenvalue weighted by atomic mass is 9.49. The molecule has 23 heavy (non-hydrogen) atoms. The summed E-state index contributed by atoms with van der Waals surface area (Å²) in [6.07, 6.45) is 11.2. The molecule has 0 bridgehead atoms. The lowest BCUT2D eigenvalue weighted by Crippen LogP contribution is -2.51. The van der Waals surface area contributed by atoms with Gasteiger partial charge in [-0.2, -0.15) is 0 Å². The van der Waals surface area contributed by atoms with Crippen LogP contribution >= 0.6 is 0 Å². The first-order valence-electron chi connectivity index (χ1n) is 10.2. The fourth-order valence-electron chi connectivity index (χ4n) is 7.91. The van der Waals surface area contributed by atoms with Crippen molar-refractivity contribution in [2.45, 2.75) is 90.3 Å². The monoisotopic (exact) mass is 320 g/mol. The van der Waals surface area contributed by atoms with E-state index in [1.54, 1.807) is 0 Å². The van der Waals surface area contributed by atoms with Crippen LogP contribution < -0.4 is 0 Å². The van der Waals surface area contributed by atoms with Crippen LogP contribution in [0.5, 0.6) is 0 Å². The van der Waals surface area contributed by atoms with Gasteiger partial charge in [0.2, 0.25) is 0 Å². The van der Waals surface area contributed by atoms with Crippen LogP contribution in [0.25, 0.3) is 0 Å². The average molecular weight is 321 g/mol. The second kappa shape index (κ2) is 5.46. The van der Waals surface area contributed by atoms with Crippen molar-refractivity contribution in [3.63, 3.8) is 0 Å². The fourth-order valence-corrected chi connectivity index (χ4v) is 7.91. The Hall–Kier alpha value is -0.0800. The summed E-state index contributed by atoms with van der Waals surface area (Å²) in [6, 6.07) is 0. The van der Waals surface area contributed by atoms with Crippen LogP contribution in [-0.2, 0) is 0 Å². The lowest BCUT2D eigenvalue weighted by Gasteiger charge is -2.57. The maximum absolute atomic E-state index is 10.5. The number of hydrogen-bond acceptors (Lipinski definition) is 2. The van der Waals surface area contributed by atoms with Crippen molar-refractivity contribution in [3.8, 4) is 0 Å². The fraction of sp³-hybridized carbons (Fsp3) is 1.00. The standard InChI is InChI=1S/C21H36O2/c1-13(22)18-6-7-19-17-5-4-14-12-20(2,23)10-8-15(14)16(17)9-11-21(18,19)3/h13-19,22-23H,4-12H2,1-3H3/t13?,14-,15+,16?,17-,18-,19?,20+,21-/m1/s1. The van der Waals surface area contributed by atoms with Crippen LogP contribution in [0.1, 0.15) is 78.6 Å². The zero-order valence-corrected chi connectivity index (χ0v) is 15.3. The average Bonchev–Trinajstić information content (AvgIpc) is 2.83. The van der Waals surface area contributed by atoms with Crippen LogP contribution in [0.4, 0.5) is 0 Å². The van der Waals surface area contributed by atoms with Crippen molar-refractivity contribution >= 4 is 0 Å². The second-order valence-corrected chi connectivity index (χ2v) is 10.1. The molecule has 0 aromatic heterocycles. The van der Waals surface area contributed by atoms with Crippen molar-refractivity contribution in [1.29, 1.82) is 0 Å². The molecule has 132 valence electrons. The summed E-state index contributed by atoms with van der Waals surface area (Å²) in [4.78, 5) is 0. The quantitative estimate of drug-likeness (QED) is 0.752. The van der Waals surface area contributed by atoms with Gasteiger partial charge >= 0.3 is 0 Å². The summed E-state index contributed by atoms with van der Waals surface area (Å²) >= 11 is 0. The van der Waals surface area contributed by atoms with Gasteiger partial charge in [-0.15, -0.1) is 0 Å². The molecule has 4 saturated carbocycles. The van der Waals surface area contributed by atoms with Crippen molar-refractivity contribution in [1.82, 2.24) is 0 Å². The first-order valence-corrected chi connectivity index (χ1v) is 10.2.